The van der Waals surface area contributed by atoms with Gasteiger partial charge in [-0.3, -0.25) is 4.79 Å². The zero-order valence-electron chi connectivity index (χ0n) is 17.9. The number of amides is 1. The molecule has 0 spiro atoms. The van der Waals surface area contributed by atoms with Crippen molar-refractivity contribution in [3.8, 4) is 0 Å². The van der Waals surface area contributed by atoms with Gasteiger partial charge in [0, 0.05) is 43.3 Å². The average Bonchev–Trinajstić information content (AvgIpc) is 3.23. The topological polar surface area (TPSA) is 58.8 Å². The van der Waals surface area contributed by atoms with Crippen LogP contribution in [0.15, 0.2) is 64.0 Å². The van der Waals surface area contributed by atoms with E-state index in [9.17, 15) is 4.79 Å². The van der Waals surface area contributed by atoms with Gasteiger partial charge in [0.05, 0.1) is 30.2 Å². The molecule has 1 amide bonds. The Morgan fingerprint density at radius 1 is 1.13 bits per heavy atom. The number of carbonyl (C=O) groups excluding carboxylic acids is 1. The molecule has 1 aliphatic heterocycles. The number of ether oxygens (including phenoxy) is 1. The number of aryl methyl sites for hydroxylation is 1. The van der Waals surface area contributed by atoms with E-state index < -0.39 is 0 Å². The molecule has 1 fully saturated rings. The highest BCUT2D eigenvalue weighted by atomic mass is 32.2. The monoisotopic (exact) mass is 437 g/mol. The van der Waals surface area contributed by atoms with Crippen LogP contribution in [0.5, 0.6) is 0 Å². The van der Waals surface area contributed by atoms with Gasteiger partial charge >= 0.3 is 0 Å². The van der Waals surface area contributed by atoms with Crippen LogP contribution in [-0.2, 0) is 17.0 Å². The van der Waals surface area contributed by atoms with Gasteiger partial charge in [0.25, 0.3) is 5.91 Å². The van der Waals surface area contributed by atoms with Crippen molar-refractivity contribution in [3.05, 3.63) is 77.2 Å². The molecule has 0 radical (unpaired) electrons. The molecule has 0 unspecified atom stereocenters. The van der Waals surface area contributed by atoms with Gasteiger partial charge < -0.3 is 19.1 Å². The van der Waals surface area contributed by atoms with E-state index in [-0.39, 0.29) is 5.91 Å². The molecule has 0 N–H and O–H groups in total. The molecule has 3 aromatic rings. The zero-order valence-corrected chi connectivity index (χ0v) is 18.7. The Balaban J connectivity index is 1.39. The van der Waals surface area contributed by atoms with Gasteiger partial charge in [-0.1, -0.05) is 29.4 Å². The predicted octanol–water partition coefficient (Wildman–Crippen LogP) is 4.38. The second-order valence-corrected chi connectivity index (χ2v) is 8.66. The Morgan fingerprint density at radius 3 is 2.58 bits per heavy atom. The molecule has 0 atom stereocenters. The number of hydrogen-bond donors (Lipinski definition) is 0. The van der Waals surface area contributed by atoms with Crippen LogP contribution in [0.1, 0.15) is 27.4 Å². The van der Waals surface area contributed by atoms with Crippen LogP contribution < -0.4 is 4.90 Å². The molecule has 7 heteroatoms. The van der Waals surface area contributed by atoms with Crippen LogP contribution in [0.2, 0.25) is 0 Å². The number of nitrogens with zero attached hydrogens (tertiary/aromatic N) is 3. The summed E-state index contributed by atoms with van der Waals surface area (Å²) in [6, 6.07) is 18.1. The summed E-state index contributed by atoms with van der Waals surface area (Å²) in [5.74, 6) is 1.45. The second-order valence-electron chi connectivity index (χ2n) is 7.65. The second kappa shape index (κ2) is 10.0. The summed E-state index contributed by atoms with van der Waals surface area (Å²) in [5.41, 5.74) is 3.87. The fraction of sp³-hybridized carbons (Fsp3) is 0.333. The van der Waals surface area contributed by atoms with Crippen molar-refractivity contribution in [3.63, 3.8) is 0 Å². The van der Waals surface area contributed by atoms with Crippen molar-refractivity contribution in [1.82, 2.24) is 10.1 Å². The summed E-state index contributed by atoms with van der Waals surface area (Å²) < 4.78 is 10.7. The van der Waals surface area contributed by atoms with Crippen LogP contribution in [0.25, 0.3) is 0 Å². The molecular formula is C24H27N3O3S. The third-order valence-corrected chi connectivity index (χ3v) is 6.34. The molecule has 6 nitrogen and oxygen atoms in total. The highest BCUT2D eigenvalue weighted by molar-refractivity contribution is 7.98. The largest absolute Gasteiger partial charge is 0.378 e. The smallest absolute Gasteiger partial charge is 0.255 e. The van der Waals surface area contributed by atoms with Crippen LogP contribution in [0.4, 0.5) is 5.69 Å². The maximum absolute atomic E-state index is 13.2. The molecule has 2 aromatic carbocycles. The lowest BCUT2D eigenvalue weighted by Crippen LogP contribution is -2.36. The molecule has 162 valence electrons. The molecular weight excluding hydrogens is 410 g/mol. The van der Waals surface area contributed by atoms with Crippen LogP contribution in [-0.4, -0.2) is 49.3 Å². The first-order valence-corrected chi connectivity index (χ1v) is 11.4. The van der Waals surface area contributed by atoms with Gasteiger partial charge in [0.15, 0.2) is 0 Å². The normalized spacial score (nSPS) is 13.9. The van der Waals surface area contributed by atoms with Gasteiger partial charge in [-0.2, -0.15) is 0 Å². The molecule has 0 bridgehead atoms. The van der Waals surface area contributed by atoms with Gasteiger partial charge in [-0.15, -0.1) is 11.8 Å². The summed E-state index contributed by atoms with van der Waals surface area (Å²) in [6.45, 7) is 5.83. The summed E-state index contributed by atoms with van der Waals surface area (Å²) in [7, 11) is 1.85. The highest BCUT2D eigenvalue weighted by Crippen LogP contribution is 2.28. The van der Waals surface area contributed by atoms with Crippen molar-refractivity contribution in [1.29, 1.82) is 0 Å². The fourth-order valence-corrected chi connectivity index (χ4v) is 4.51. The van der Waals surface area contributed by atoms with Crippen molar-refractivity contribution >= 4 is 23.4 Å². The van der Waals surface area contributed by atoms with Crippen LogP contribution in [0, 0.1) is 6.92 Å². The first kappa shape index (κ1) is 21.5. The number of aromatic nitrogens is 1. The van der Waals surface area contributed by atoms with E-state index in [1.807, 2.05) is 44.3 Å². The minimum atomic E-state index is 0.00843. The third-order valence-electron chi connectivity index (χ3n) is 5.24. The van der Waals surface area contributed by atoms with Gasteiger partial charge in [-0.05, 0) is 36.8 Å². The number of hydrogen-bond acceptors (Lipinski definition) is 6. The average molecular weight is 438 g/mol. The third kappa shape index (κ3) is 5.48. The lowest BCUT2D eigenvalue weighted by atomic mass is 10.1. The van der Waals surface area contributed by atoms with E-state index in [1.54, 1.807) is 16.7 Å². The Bertz CT molecular complexity index is 1010. The lowest BCUT2D eigenvalue weighted by molar-refractivity contribution is 0.0781. The van der Waals surface area contributed by atoms with Gasteiger partial charge in [0.2, 0.25) is 0 Å². The van der Waals surface area contributed by atoms with E-state index in [0.29, 0.717) is 17.9 Å². The summed E-state index contributed by atoms with van der Waals surface area (Å²) >= 11 is 1.59. The number of morpholine rings is 1. The van der Waals surface area contributed by atoms with Gasteiger partial charge in [-0.25, -0.2) is 0 Å². The quantitative estimate of drug-likeness (QED) is 0.511. The summed E-state index contributed by atoms with van der Waals surface area (Å²) in [6.07, 6.45) is 0. The van der Waals surface area contributed by atoms with E-state index in [2.05, 4.69) is 34.3 Å². The molecule has 2 heterocycles. The summed E-state index contributed by atoms with van der Waals surface area (Å²) in [5, 5.41) is 3.92. The van der Waals surface area contributed by atoms with E-state index in [0.717, 1.165) is 48.2 Å². The predicted molar refractivity (Wildman–Crippen MR) is 123 cm³/mol. The van der Waals surface area contributed by atoms with E-state index in [4.69, 9.17) is 9.26 Å². The number of rotatable bonds is 7. The van der Waals surface area contributed by atoms with Crippen LogP contribution in [0.3, 0.4) is 0 Å². The molecule has 1 aliphatic rings. The molecule has 1 saturated heterocycles. The molecule has 31 heavy (non-hydrogen) atoms. The first-order chi connectivity index (χ1) is 15.1. The molecule has 0 aliphatic carbocycles. The summed E-state index contributed by atoms with van der Waals surface area (Å²) in [4.78, 5) is 18.2. The highest BCUT2D eigenvalue weighted by Gasteiger charge is 2.17. The fourth-order valence-electron chi connectivity index (χ4n) is 3.59. The zero-order chi connectivity index (χ0) is 21.6. The van der Waals surface area contributed by atoms with Crippen molar-refractivity contribution in [2.45, 2.75) is 24.1 Å². The standard InChI is InChI=1S/C24H27N3O3S/c1-18-15-21(30-25-18)17-31-23-6-4-3-5-22(23)24(28)26(2)16-19-7-9-20(10-8-19)27-11-13-29-14-12-27/h3-10,15H,11-14,16-17H2,1-2H3. The minimum absolute atomic E-state index is 0.00843. The van der Waals surface area contributed by atoms with E-state index >= 15 is 0 Å². The molecule has 4 rings (SSSR count). The molecule has 0 saturated carbocycles. The number of anilines is 1. The Morgan fingerprint density at radius 2 is 1.87 bits per heavy atom. The maximum atomic E-state index is 13.2. The Labute approximate surface area is 187 Å². The van der Waals surface area contributed by atoms with Crippen molar-refractivity contribution < 1.29 is 14.1 Å². The Hall–Kier alpha value is -2.77. The van der Waals surface area contributed by atoms with Crippen LogP contribution >= 0.6 is 11.8 Å². The van der Waals surface area contributed by atoms with Crippen molar-refractivity contribution in [2.24, 2.45) is 0 Å². The van der Waals surface area contributed by atoms with E-state index in [1.165, 1.54) is 5.69 Å². The SMILES string of the molecule is Cc1cc(CSc2ccccc2C(=O)N(C)Cc2ccc(N3CCOCC3)cc2)on1. The minimum Gasteiger partial charge on any atom is -0.378 e. The van der Waals surface area contributed by atoms with Gasteiger partial charge in [0.1, 0.15) is 5.76 Å². The Kier molecular flexibility index (Phi) is 6.94. The lowest BCUT2D eigenvalue weighted by Gasteiger charge is -2.29. The maximum Gasteiger partial charge on any atom is 0.255 e. The number of carbonyl (C=O) groups is 1. The number of thioether (sulfide) groups is 1. The first-order valence-electron chi connectivity index (χ1n) is 10.4. The number of benzene rings is 2. The molecule has 1 aromatic heterocycles. The van der Waals surface area contributed by atoms with Crippen molar-refractivity contribution in [2.75, 3.05) is 38.3 Å².